The van der Waals surface area contributed by atoms with Crippen LogP contribution in [-0.4, -0.2) is 0 Å². The van der Waals surface area contributed by atoms with Crippen LogP contribution in [0.4, 0.5) is 0 Å². The first-order valence-corrected chi connectivity index (χ1v) is 17.6. The van der Waals surface area contributed by atoms with Crippen LogP contribution in [0, 0.1) is 0 Å². The molecule has 0 nitrogen and oxygen atoms in total. The second-order valence-electron chi connectivity index (χ2n) is 12.1. The number of rotatable bonds is 12. The van der Waals surface area contributed by atoms with Crippen molar-refractivity contribution < 1.29 is 0 Å². The molecule has 0 aliphatic heterocycles. The van der Waals surface area contributed by atoms with Crippen molar-refractivity contribution in [1.29, 1.82) is 0 Å². The Balaban J connectivity index is 1.06. The molecule has 42 heavy (non-hydrogen) atoms. The lowest BCUT2D eigenvalue weighted by atomic mass is 9.77. The van der Waals surface area contributed by atoms with Crippen LogP contribution in [0.25, 0.3) is 42.4 Å². The molecule has 0 saturated heterocycles. The van der Waals surface area contributed by atoms with Crippen LogP contribution in [0.3, 0.4) is 0 Å². The van der Waals surface area contributed by atoms with Crippen molar-refractivity contribution in [2.45, 2.75) is 78.1 Å². The minimum absolute atomic E-state index is 1.11. The third kappa shape index (κ3) is 5.48. The molecule has 6 aromatic rings. The molecule has 0 radical (unpaired) electrons. The van der Waals surface area contributed by atoms with Gasteiger partial charge in [-0.25, -0.2) is 0 Å². The van der Waals surface area contributed by atoms with E-state index in [9.17, 15) is 0 Å². The Morgan fingerprint density at radius 1 is 0.429 bits per heavy atom. The number of fused-ring (bicyclic) bond motifs is 8. The minimum Gasteiger partial charge on any atom is -0.140 e. The van der Waals surface area contributed by atoms with Crippen molar-refractivity contribution >= 4 is 42.8 Å². The summed E-state index contributed by atoms with van der Waals surface area (Å²) < 4.78 is 2.85. The van der Waals surface area contributed by atoms with Crippen LogP contribution in [0.5, 0.6) is 0 Å². The van der Waals surface area contributed by atoms with E-state index in [0.717, 1.165) is 25.7 Å². The zero-order valence-electron chi connectivity index (χ0n) is 25.0. The summed E-state index contributed by atoms with van der Waals surface area (Å²) in [6.45, 7) is 4.53. The van der Waals surface area contributed by atoms with Gasteiger partial charge in [-0.3, -0.25) is 0 Å². The maximum Gasteiger partial charge on any atom is 0.0352 e. The van der Waals surface area contributed by atoms with Crippen molar-refractivity contribution in [3.05, 3.63) is 117 Å². The highest BCUT2D eigenvalue weighted by Crippen LogP contribution is 2.55. The largest absolute Gasteiger partial charge is 0.140 e. The quantitative estimate of drug-likeness (QED) is 0.134. The minimum atomic E-state index is 1.11. The Bertz CT molecular complexity index is 1680. The van der Waals surface area contributed by atoms with E-state index < -0.39 is 0 Å². The molecule has 0 fully saturated rings. The van der Waals surface area contributed by atoms with E-state index >= 15 is 0 Å². The molecule has 7 rings (SSSR count). The van der Waals surface area contributed by atoms with Gasteiger partial charge in [0.05, 0.1) is 0 Å². The van der Waals surface area contributed by atoms with Gasteiger partial charge < -0.3 is 0 Å². The molecule has 212 valence electrons. The molecule has 0 saturated carbocycles. The Morgan fingerprint density at radius 2 is 0.810 bits per heavy atom. The number of thiophene rings is 2. The van der Waals surface area contributed by atoms with Gasteiger partial charge in [-0.2, -0.15) is 0 Å². The normalized spacial score (nSPS) is 12.0. The van der Waals surface area contributed by atoms with E-state index in [0.29, 0.717) is 0 Å². The molecular formula is C40H40S2. The molecule has 2 heterocycles. The van der Waals surface area contributed by atoms with Gasteiger partial charge in [-0.1, -0.05) is 87.4 Å². The van der Waals surface area contributed by atoms with E-state index in [1.54, 1.807) is 0 Å². The maximum absolute atomic E-state index is 2.48. The standard InChI is InChI=1S/C40H40S2/c1-3-5-7-27-9-13-29(14-10-27)17-19-31-25-35-37(41-31)23-21-33-39(35)34-22-24-38-36(40(33)34)26-32(42-38)20-18-30-15-11-28(12-16-30)8-6-4-2/h9-16,21-26H,3-8,17-20H2,1-2H3. The van der Waals surface area contributed by atoms with Gasteiger partial charge in [0.1, 0.15) is 0 Å². The lowest BCUT2D eigenvalue weighted by molar-refractivity contribution is 0.794. The second-order valence-corrected chi connectivity index (χ2v) is 14.4. The molecule has 2 aromatic heterocycles. The van der Waals surface area contributed by atoms with E-state index in [2.05, 4.69) is 98.8 Å². The van der Waals surface area contributed by atoms with Crippen LogP contribution >= 0.6 is 22.7 Å². The van der Waals surface area contributed by atoms with Gasteiger partial charge in [0.2, 0.25) is 0 Å². The zero-order chi connectivity index (χ0) is 28.5. The van der Waals surface area contributed by atoms with Crippen LogP contribution < -0.4 is 0 Å². The molecule has 0 atom stereocenters. The van der Waals surface area contributed by atoms with Gasteiger partial charge in [-0.05, 0) is 120 Å². The SMILES string of the molecule is CCCCc1ccc(CCc2cc3c4c(ccc3s2)-c2c-4ccc3sc(CCc4ccc(CCCC)cc4)cc23)cc1. The third-order valence-corrected chi connectivity index (χ3v) is 11.4. The van der Waals surface area contributed by atoms with Crippen LogP contribution in [-0.2, 0) is 38.5 Å². The van der Waals surface area contributed by atoms with Gasteiger partial charge in [0.25, 0.3) is 0 Å². The zero-order valence-corrected chi connectivity index (χ0v) is 26.6. The van der Waals surface area contributed by atoms with E-state index in [-0.39, 0.29) is 0 Å². The highest BCUT2D eigenvalue weighted by atomic mass is 32.1. The summed E-state index contributed by atoms with van der Waals surface area (Å²) in [6.07, 6.45) is 11.9. The lowest BCUT2D eigenvalue weighted by Crippen LogP contribution is -1.99. The molecule has 2 heteroatoms. The Morgan fingerprint density at radius 3 is 1.19 bits per heavy atom. The number of hydrogen-bond acceptors (Lipinski definition) is 2. The van der Waals surface area contributed by atoms with Crippen molar-refractivity contribution in [2.75, 3.05) is 0 Å². The summed E-state index contributed by atoms with van der Waals surface area (Å²) in [5.41, 5.74) is 11.7. The predicted octanol–water partition coefficient (Wildman–Crippen LogP) is 12.0. The molecule has 0 amide bonds. The highest BCUT2D eigenvalue weighted by molar-refractivity contribution is 7.19. The molecule has 1 aliphatic rings. The molecule has 0 bridgehead atoms. The lowest BCUT2D eigenvalue weighted by Gasteiger charge is -2.25. The molecule has 1 aliphatic carbocycles. The maximum atomic E-state index is 2.48. The molecule has 0 N–H and O–H groups in total. The predicted molar refractivity (Wildman–Crippen MR) is 187 cm³/mol. The summed E-state index contributed by atoms with van der Waals surface area (Å²) >= 11 is 3.96. The monoisotopic (exact) mass is 584 g/mol. The Hall–Kier alpha value is -3.20. The number of benzene rings is 4. The van der Waals surface area contributed by atoms with Crippen LogP contribution in [0.15, 0.2) is 84.9 Å². The first-order chi connectivity index (χ1) is 20.7. The van der Waals surface area contributed by atoms with E-state index in [1.165, 1.54) is 113 Å². The fraction of sp³-hybridized carbons (Fsp3) is 0.300. The average Bonchev–Trinajstić information content (AvgIpc) is 3.62. The van der Waals surface area contributed by atoms with Crippen molar-refractivity contribution in [2.24, 2.45) is 0 Å². The number of aryl methyl sites for hydroxylation is 6. The molecule has 0 unspecified atom stereocenters. The summed E-state index contributed by atoms with van der Waals surface area (Å²) in [6, 6.07) is 33.1. The van der Waals surface area contributed by atoms with Gasteiger partial charge in [0, 0.05) is 29.9 Å². The first kappa shape index (κ1) is 27.6. The summed E-state index contributed by atoms with van der Waals surface area (Å²) in [7, 11) is 0. The van der Waals surface area contributed by atoms with Crippen LogP contribution in [0.1, 0.15) is 71.5 Å². The fourth-order valence-electron chi connectivity index (χ4n) is 6.55. The van der Waals surface area contributed by atoms with Crippen molar-refractivity contribution in [1.82, 2.24) is 0 Å². The highest BCUT2D eigenvalue weighted by Gasteiger charge is 2.28. The summed E-state index contributed by atoms with van der Waals surface area (Å²) in [5, 5.41) is 2.90. The van der Waals surface area contributed by atoms with Crippen molar-refractivity contribution in [3.63, 3.8) is 0 Å². The molecular weight excluding hydrogens is 545 g/mol. The Kier molecular flexibility index (Phi) is 8.02. The third-order valence-electron chi connectivity index (χ3n) is 9.05. The molecule has 4 aromatic carbocycles. The fourth-order valence-corrected chi connectivity index (χ4v) is 8.69. The topological polar surface area (TPSA) is 0 Å². The number of hydrogen-bond donors (Lipinski definition) is 0. The molecule has 0 spiro atoms. The van der Waals surface area contributed by atoms with E-state index in [4.69, 9.17) is 0 Å². The van der Waals surface area contributed by atoms with Gasteiger partial charge in [0.15, 0.2) is 0 Å². The summed E-state index contributed by atoms with van der Waals surface area (Å²) in [5.74, 6) is 0. The van der Waals surface area contributed by atoms with Gasteiger partial charge >= 0.3 is 0 Å². The smallest absolute Gasteiger partial charge is 0.0352 e. The second kappa shape index (κ2) is 12.2. The summed E-state index contributed by atoms with van der Waals surface area (Å²) in [4.78, 5) is 3.00. The first-order valence-electron chi connectivity index (χ1n) is 16.0. The average molecular weight is 585 g/mol. The van der Waals surface area contributed by atoms with Crippen LogP contribution in [0.2, 0.25) is 0 Å². The number of unbranched alkanes of at least 4 members (excludes halogenated alkanes) is 2. The van der Waals surface area contributed by atoms with E-state index in [1.807, 2.05) is 22.7 Å². The van der Waals surface area contributed by atoms with Crippen molar-refractivity contribution in [3.8, 4) is 22.3 Å². The van der Waals surface area contributed by atoms with Gasteiger partial charge in [-0.15, -0.1) is 22.7 Å². The Labute approximate surface area is 259 Å².